The molecule has 0 bridgehead atoms. The SMILES string of the molecule is c1ccc2c(c1)-c1cccc3cccc-2c13.c1ccc2c(c1)CCN2. The molecule has 0 saturated carbocycles. The third kappa shape index (κ3) is 2.32. The highest BCUT2D eigenvalue weighted by Gasteiger charge is 2.19. The van der Waals surface area contributed by atoms with Gasteiger partial charge in [-0.05, 0) is 51.1 Å². The minimum atomic E-state index is 1.11. The van der Waals surface area contributed by atoms with E-state index >= 15 is 0 Å². The molecule has 25 heavy (non-hydrogen) atoms. The molecule has 4 aromatic carbocycles. The van der Waals surface area contributed by atoms with Crippen molar-refractivity contribution in [1.82, 2.24) is 0 Å². The van der Waals surface area contributed by atoms with Crippen LogP contribution in [0.15, 0.2) is 84.9 Å². The summed E-state index contributed by atoms with van der Waals surface area (Å²) in [5.74, 6) is 0. The van der Waals surface area contributed by atoms with Crippen LogP contribution in [0.25, 0.3) is 33.0 Å². The zero-order valence-electron chi connectivity index (χ0n) is 14.0. The molecule has 0 aromatic heterocycles. The van der Waals surface area contributed by atoms with Gasteiger partial charge in [-0.25, -0.2) is 0 Å². The Morgan fingerprint density at radius 3 is 1.84 bits per heavy atom. The van der Waals surface area contributed by atoms with Crippen LogP contribution in [0.5, 0.6) is 0 Å². The number of hydrogen-bond donors (Lipinski definition) is 1. The Bertz CT molecular complexity index is 997. The summed E-state index contributed by atoms with van der Waals surface area (Å²) in [6.45, 7) is 1.11. The van der Waals surface area contributed by atoms with E-state index in [1.807, 2.05) is 0 Å². The lowest BCUT2D eigenvalue weighted by Crippen LogP contribution is -1.90. The lowest BCUT2D eigenvalue weighted by atomic mass is 10.0. The number of fused-ring (bicyclic) bond motifs is 4. The number of para-hydroxylation sites is 1. The van der Waals surface area contributed by atoms with E-state index < -0.39 is 0 Å². The lowest BCUT2D eigenvalue weighted by Gasteiger charge is -2.00. The van der Waals surface area contributed by atoms with Crippen LogP contribution in [-0.4, -0.2) is 6.54 Å². The quantitative estimate of drug-likeness (QED) is 0.361. The highest BCUT2D eigenvalue weighted by atomic mass is 14.9. The second kappa shape index (κ2) is 5.78. The number of anilines is 1. The minimum absolute atomic E-state index is 1.11. The van der Waals surface area contributed by atoms with E-state index in [0.717, 1.165) is 6.54 Å². The fraction of sp³-hybridized carbons (Fsp3) is 0.0833. The average molecular weight is 321 g/mol. The van der Waals surface area contributed by atoms with E-state index in [0.29, 0.717) is 0 Å². The van der Waals surface area contributed by atoms with Crippen molar-refractivity contribution in [1.29, 1.82) is 0 Å². The summed E-state index contributed by atoms with van der Waals surface area (Å²) in [7, 11) is 0. The number of rotatable bonds is 0. The molecule has 0 radical (unpaired) electrons. The molecule has 0 fully saturated rings. The molecular weight excluding hydrogens is 302 g/mol. The fourth-order valence-corrected chi connectivity index (χ4v) is 3.99. The maximum absolute atomic E-state index is 3.30. The van der Waals surface area contributed by atoms with E-state index in [1.54, 1.807) is 0 Å². The lowest BCUT2D eigenvalue weighted by molar-refractivity contribution is 1.11. The molecular formula is C24H19N. The Balaban J connectivity index is 0.000000132. The van der Waals surface area contributed by atoms with Crippen molar-refractivity contribution < 1.29 is 0 Å². The van der Waals surface area contributed by atoms with Gasteiger partial charge in [0.05, 0.1) is 0 Å². The van der Waals surface area contributed by atoms with E-state index in [9.17, 15) is 0 Å². The minimum Gasteiger partial charge on any atom is -0.384 e. The first kappa shape index (κ1) is 14.3. The third-order valence-corrected chi connectivity index (χ3v) is 5.14. The highest BCUT2D eigenvalue weighted by Crippen LogP contribution is 2.46. The highest BCUT2D eigenvalue weighted by molar-refractivity contribution is 6.15. The van der Waals surface area contributed by atoms with Crippen molar-refractivity contribution in [3.63, 3.8) is 0 Å². The molecule has 1 aliphatic carbocycles. The fourth-order valence-electron chi connectivity index (χ4n) is 3.99. The molecule has 0 spiro atoms. The number of hydrogen-bond acceptors (Lipinski definition) is 1. The van der Waals surface area contributed by atoms with Crippen molar-refractivity contribution in [3.05, 3.63) is 90.5 Å². The molecule has 1 N–H and O–H groups in total. The predicted molar refractivity (Wildman–Crippen MR) is 107 cm³/mol. The molecule has 0 saturated heterocycles. The molecule has 1 heteroatoms. The number of benzene rings is 4. The largest absolute Gasteiger partial charge is 0.384 e. The van der Waals surface area contributed by atoms with Crippen LogP contribution in [-0.2, 0) is 6.42 Å². The zero-order chi connectivity index (χ0) is 16.6. The van der Waals surface area contributed by atoms with Gasteiger partial charge in [-0.3, -0.25) is 0 Å². The molecule has 4 aromatic rings. The Labute approximate surface area is 148 Å². The maximum Gasteiger partial charge on any atom is 0.0373 e. The molecule has 6 rings (SSSR count). The molecule has 0 unspecified atom stereocenters. The van der Waals surface area contributed by atoms with Crippen LogP contribution in [0, 0.1) is 0 Å². The summed E-state index contributed by atoms with van der Waals surface area (Å²) in [4.78, 5) is 0. The van der Waals surface area contributed by atoms with Gasteiger partial charge in [0.25, 0.3) is 0 Å². The zero-order valence-corrected chi connectivity index (χ0v) is 14.0. The summed E-state index contributed by atoms with van der Waals surface area (Å²) < 4.78 is 0. The van der Waals surface area contributed by atoms with Crippen molar-refractivity contribution in [3.8, 4) is 22.3 Å². The Morgan fingerprint density at radius 1 is 0.560 bits per heavy atom. The van der Waals surface area contributed by atoms with Gasteiger partial charge in [0, 0.05) is 12.2 Å². The van der Waals surface area contributed by atoms with Gasteiger partial charge >= 0.3 is 0 Å². The normalized spacial score (nSPS) is 12.8. The van der Waals surface area contributed by atoms with Crippen LogP contribution in [0.1, 0.15) is 5.56 Å². The van der Waals surface area contributed by atoms with E-state index in [-0.39, 0.29) is 0 Å². The topological polar surface area (TPSA) is 12.0 Å². The summed E-state index contributed by atoms with van der Waals surface area (Å²) in [5.41, 5.74) is 8.27. The van der Waals surface area contributed by atoms with E-state index in [1.165, 1.54) is 50.7 Å². The predicted octanol–water partition coefficient (Wildman–Crippen LogP) is 6.14. The molecule has 0 atom stereocenters. The van der Waals surface area contributed by atoms with Crippen molar-refractivity contribution in [2.45, 2.75) is 6.42 Å². The average Bonchev–Trinajstić information content (AvgIpc) is 3.28. The smallest absolute Gasteiger partial charge is 0.0373 e. The van der Waals surface area contributed by atoms with Gasteiger partial charge in [-0.1, -0.05) is 78.9 Å². The van der Waals surface area contributed by atoms with Crippen LogP contribution in [0.2, 0.25) is 0 Å². The summed E-state index contributed by atoms with van der Waals surface area (Å²) in [6, 6.07) is 30.2. The van der Waals surface area contributed by atoms with E-state index in [4.69, 9.17) is 0 Å². The van der Waals surface area contributed by atoms with Gasteiger partial charge in [-0.15, -0.1) is 0 Å². The molecule has 2 aliphatic rings. The van der Waals surface area contributed by atoms with E-state index in [2.05, 4.69) is 90.2 Å². The second-order valence-electron chi connectivity index (χ2n) is 6.59. The Hall–Kier alpha value is -3.06. The summed E-state index contributed by atoms with van der Waals surface area (Å²) in [6.07, 6.45) is 1.19. The maximum atomic E-state index is 3.30. The summed E-state index contributed by atoms with van der Waals surface area (Å²) in [5, 5.41) is 6.05. The van der Waals surface area contributed by atoms with Crippen LogP contribution >= 0.6 is 0 Å². The Morgan fingerprint density at radius 2 is 1.16 bits per heavy atom. The molecule has 0 amide bonds. The van der Waals surface area contributed by atoms with Crippen LogP contribution in [0.4, 0.5) is 5.69 Å². The molecule has 1 aliphatic heterocycles. The van der Waals surface area contributed by atoms with Gasteiger partial charge in [-0.2, -0.15) is 0 Å². The van der Waals surface area contributed by atoms with Crippen LogP contribution in [0.3, 0.4) is 0 Å². The van der Waals surface area contributed by atoms with Gasteiger partial charge < -0.3 is 5.32 Å². The monoisotopic (exact) mass is 321 g/mol. The molecule has 1 heterocycles. The standard InChI is InChI=1S/C16H10.C8H9N/c1-2-8-13-12(7-1)14-9-3-5-11-6-4-10-15(13)16(11)14;1-2-4-8-7(3-1)5-6-9-8/h1-10H;1-4,9H,5-6H2. The second-order valence-corrected chi connectivity index (χ2v) is 6.59. The van der Waals surface area contributed by atoms with Gasteiger partial charge in [0.2, 0.25) is 0 Å². The summed E-state index contributed by atoms with van der Waals surface area (Å²) >= 11 is 0. The van der Waals surface area contributed by atoms with Crippen molar-refractivity contribution in [2.75, 3.05) is 11.9 Å². The first-order chi connectivity index (χ1) is 12.4. The van der Waals surface area contributed by atoms with Crippen molar-refractivity contribution >= 4 is 16.5 Å². The first-order valence-electron chi connectivity index (χ1n) is 8.85. The number of nitrogens with one attached hydrogen (secondary N) is 1. The Kier molecular flexibility index (Phi) is 3.31. The van der Waals surface area contributed by atoms with Crippen molar-refractivity contribution in [2.24, 2.45) is 0 Å². The first-order valence-corrected chi connectivity index (χ1v) is 8.85. The molecule has 120 valence electrons. The third-order valence-electron chi connectivity index (χ3n) is 5.14. The van der Waals surface area contributed by atoms with Gasteiger partial charge in [0.15, 0.2) is 0 Å². The molecule has 1 nitrogen and oxygen atoms in total. The van der Waals surface area contributed by atoms with Gasteiger partial charge in [0.1, 0.15) is 0 Å². The van der Waals surface area contributed by atoms with Crippen LogP contribution < -0.4 is 5.32 Å².